The molecule has 0 N–H and O–H groups in total. The first-order valence-electron chi connectivity index (χ1n) is 7.03. The number of rotatable bonds is 5. The van der Waals surface area contributed by atoms with Crippen LogP contribution >= 0.6 is 11.6 Å². The molecule has 1 aromatic rings. The van der Waals surface area contributed by atoms with Crippen LogP contribution in [0.4, 0.5) is 0 Å². The SMILES string of the molecule is CCc1cc(C(CCl)C2CCCC2)ccc1OC. The zero-order valence-corrected chi connectivity index (χ0v) is 12.2. The van der Waals surface area contributed by atoms with E-state index in [2.05, 4.69) is 25.1 Å². The summed E-state index contributed by atoms with van der Waals surface area (Å²) in [6, 6.07) is 6.59. The minimum atomic E-state index is 0.519. The van der Waals surface area contributed by atoms with Gasteiger partial charge in [0.1, 0.15) is 5.75 Å². The Bertz CT molecular complexity index is 383. The second kappa shape index (κ2) is 6.47. The molecular weight excluding hydrogens is 244 g/mol. The molecule has 1 saturated carbocycles. The molecule has 1 aliphatic rings. The molecule has 1 aromatic carbocycles. The van der Waals surface area contributed by atoms with Crippen molar-refractivity contribution in [2.24, 2.45) is 5.92 Å². The van der Waals surface area contributed by atoms with Crippen molar-refractivity contribution in [2.75, 3.05) is 13.0 Å². The Kier molecular flexibility index (Phi) is 4.94. The molecule has 0 radical (unpaired) electrons. The number of hydrogen-bond acceptors (Lipinski definition) is 1. The van der Waals surface area contributed by atoms with Crippen molar-refractivity contribution in [2.45, 2.75) is 44.9 Å². The van der Waals surface area contributed by atoms with E-state index in [0.717, 1.165) is 24.0 Å². The summed E-state index contributed by atoms with van der Waals surface area (Å²) < 4.78 is 5.40. The largest absolute Gasteiger partial charge is 0.496 e. The van der Waals surface area contributed by atoms with E-state index >= 15 is 0 Å². The van der Waals surface area contributed by atoms with Crippen LogP contribution in [0.15, 0.2) is 18.2 Å². The molecule has 1 aliphatic carbocycles. The van der Waals surface area contributed by atoms with Gasteiger partial charge in [0.2, 0.25) is 0 Å². The summed E-state index contributed by atoms with van der Waals surface area (Å²) in [6.07, 6.45) is 6.43. The van der Waals surface area contributed by atoms with Crippen molar-refractivity contribution in [1.29, 1.82) is 0 Å². The van der Waals surface area contributed by atoms with Crippen molar-refractivity contribution < 1.29 is 4.74 Å². The van der Waals surface area contributed by atoms with E-state index in [-0.39, 0.29) is 0 Å². The van der Waals surface area contributed by atoms with E-state index in [1.165, 1.54) is 36.8 Å². The smallest absolute Gasteiger partial charge is 0.122 e. The van der Waals surface area contributed by atoms with Crippen LogP contribution < -0.4 is 4.74 Å². The number of benzene rings is 1. The molecule has 0 bridgehead atoms. The fourth-order valence-corrected chi connectivity index (χ4v) is 3.58. The lowest BCUT2D eigenvalue weighted by atomic mass is 9.85. The number of alkyl halides is 1. The summed E-state index contributed by atoms with van der Waals surface area (Å²) in [5.74, 6) is 3.03. The van der Waals surface area contributed by atoms with Gasteiger partial charge in [-0.1, -0.05) is 31.9 Å². The van der Waals surface area contributed by atoms with Crippen LogP contribution in [0.2, 0.25) is 0 Å². The summed E-state index contributed by atoms with van der Waals surface area (Å²) in [6.45, 7) is 2.17. The predicted molar refractivity (Wildman–Crippen MR) is 77.8 cm³/mol. The Morgan fingerprint density at radius 2 is 2.06 bits per heavy atom. The van der Waals surface area contributed by atoms with Gasteiger partial charge in [0, 0.05) is 11.8 Å². The monoisotopic (exact) mass is 266 g/mol. The summed E-state index contributed by atoms with van der Waals surface area (Å²) in [5.41, 5.74) is 2.69. The van der Waals surface area contributed by atoms with Crippen LogP contribution in [0.5, 0.6) is 5.75 Å². The molecule has 0 heterocycles. The van der Waals surface area contributed by atoms with E-state index < -0.39 is 0 Å². The lowest BCUT2D eigenvalue weighted by molar-refractivity contribution is 0.409. The summed E-state index contributed by atoms with van der Waals surface area (Å²) in [5, 5.41) is 0. The van der Waals surface area contributed by atoms with Gasteiger partial charge in [-0.3, -0.25) is 0 Å². The number of aryl methyl sites for hydroxylation is 1. The Morgan fingerprint density at radius 3 is 2.61 bits per heavy atom. The summed E-state index contributed by atoms with van der Waals surface area (Å²) >= 11 is 6.22. The Balaban J connectivity index is 2.24. The van der Waals surface area contributed by atoms with Gasteiger partial charge in [0.05, 0.1) is 7.11 Å². The summed E-state index contributed by atoms with van der Waals surface area (Å²) in [4.78, 5) is 0. The van der Waals surface area contributed by atoms with E-state index in [9.17, 15) is 0 Å². The quantitative estimate of drug-likeness (QED) is 0.698. The van der Waals surface area contributed by atoms with Gasteiger partial charge in [-0.15, -0.1) is 11.6 Å². The first-order chi connectivity index (χ1) is 8.80. The van der Waals surface area contributed by atoms with Gasteiger partial charge in [0.25, 0.3) is 0 Å². The third-order valence-corrected chi connectivity index (χ3v) is 4.58. The van der Waals surface area contributed by atoms with Gasteiger partial charge in [-0.25, -0.2) is 0 Å². The highest BCUT2D eigenvalue weighted by atomic mass is 35.5. The van der Waals surface area contributed by atoms with Crippen LogP contribution in [-0.2, 0) is 6.42 Å². The van der Waals surface area contributed by atoms with Gasteiger partial charge < -0.3 is 4.74 Å². The first-order valence-corrected chi connectivity index (χ1v) is 7.56. The lowest BCUT2D eigenvalue weighted by Crippen LogP contribution is -2.12. The van der Waals surface area contributed by atoms with Crippen LogP contribution in [0.3, 0.4) is 0 Å². The number of methoxy groups -OCH3 is 1. The number of hydrogen-bond donors (Lipinski definition) is 0. The Labute approximate surface area is 115 Å². The second-order valence-corrected chi connectivity index (χ2v) is 5.54. The first kappa shape index (κ1) is 13.7. The molecule has 0 saturated heterocycles. The maximum absolute atomic E-state index is 6.22. The molecule has 18 heavy (non-hydrogen) atoms. The molecule has 0 aliphatic heterocycles. The van der Waals surface area contributed by atoms with Crippen LogP contribution in [0.25, 0.3) is 0 Å². The molecule has 1 atom stereocenters. The molecule has 2 heteroatoms. The van der Waals surface area contributed by atoms with Crippen molar-refractivity contribution in [1.82, 2.24) is 0 Å². The highest BCUT2D eigenvalue weighted by molar-refractivity contribution is 6.18. The standard InChI is InChI=1S/C16H23ClO/c1-3-12-10-14(8-9-16(12)18-2)15(11-17)13-6-4-5-7-13/h8-10,13,15H,3-7,11H2,1-2H3. The minimum Gasteiger partial charge on any atom is -0.496 e. The van der Waals surface area contributed by atoms with E-state index in [4.69, 9.17) is 16.3 Å². The zero-order valence-electron chi connectivity index (χ0n) is 11.4. The molecule has 1 unspecified atom stereocenters. The average molecular weight is 267 g/mol. The predicted octanol–water partition coefficient (Wildman–Crippen LogP) is 4.77. The maximum atomic E-state index is 6.22. The molecule has 0 spiro atoms. The van der Waals surface area contributed by atoms with Crippen LogP contribution in [-0.4, -0.2) is 13.0 Å². The van der Waals surface area contributed by atoms with Crippen molar-refractivity contribution in [3.63, 3.8) is 0 Å². The maximum Gasteiger partial charge on any atom is 0.122 e. The van der Waals surface area contributed by atoms with E-state index in [1.807, 2.05) is 0 Å². The normalized spacial score (nSPS) is 17.9. The topological polar surface area (TPSA) is 9.23 Å². The molecule has 0 aromatic heterocycles. The second-order valence-electron chi connectivity index (χ2n) is 5.23. The van der Waals surface area contributed by atoms with Gasteiger partial charge in [-0.05, 0) is 42.4 Å². The van der Waals surface area contributed by atoms with Crippen LogP contribution in [0, 0.1) is 5.92 Å². The average Bonchev–Trinajstić information content (AvgIpc) is 2.93. The summed E-state index contributed by atoms with van der Waals surface area (Å²) in [7, 11) is 1.74. The number of halogens is 1. The van der Waals surface area contributed by atoms with Crippen LogP contribution in [0.1, 0.15) is 49.7 Å². The Hall–Kier alpha value is -0.690. The molecule has 0 amide bonds. The highest BCUT2D eigenvalue weighted by Gasteiger charge is 2.26. The fourth-order valence-electron chi connectivity index (χ4n) is 3.15. The van der Waals surface area contributed by atoms with Gasteiger partial charge in [-0.2, -0.15) is 0 Å². The third kappa shape index (κ3) is 2.83. The fraction of sp³-hybridized carbons (Fsp3) is 0.625. The van der Waals surface area contributed by atoms with E-state index in [0.29, 0.717) is 5.92 Å². The highest BCUT2D eigenvalue weighted by Crippen LogP contribution is 2.39. The molecule has 1 fully saturated rings. The van der Waals surface area contributed by atoms with Crippen molar-refractivity contribution in [3.05, 3.63) is 29.3 Å². The lowest BCUT2D eigenvalue weighted by Gasteiger charge is -2.22. The Morgan fingerprint density at radius 1 is 1.33 bits per heavy atom. The van der Waals surface area contributed by atoms with Crippen molar-refractivity contribution in [3.8, 4) is 5.75 Å². The van der Waals surface area contributed by atoms with E-state index in [1.54, 1.807) is 7.11 Å². The molecule has 2 rings (SSSR count). The number of ether oxygens (including phenoxy) is 1. The van der Waals surface area contributed by atoms with Gasteiger partial charge in [0.15, 0.2) is 0 Å². The van der Waals surface area contributed by atoms with Gasteiger partial charge >= 0.3 is 0 Å². The molecular formula is C16H23ClO. The molecule has 1 nitrogen and oxygen atoms in total. The minimum absolute atomic E-state index is 0.519. The molecule has 100 valence electrons. The zero-order chi connectivity index (χ0) is 13.0. The van der Waals surface area contributed by atoms with Crippen molar-refractivity contribution >= 4 is 11.6 Å². The third-order valence-electron chi connectivity index (χ3n) is 4.25.